The lowest BCUT2D eigenvalue weighted by Crippen LogP contribution is -2.29. The van der Waals surface area contributed by atoms with Crippen LogP contribution in [0, 0.1) is 5.82 Å². The number of amides is 1. The fourth-order valence-electron chi connectivity index (χ4n) is 1.57. The van der Waals surface area contributed by atoms with Gasteiger partial charge in [-0.1, -0.05) is 17.7 Å². The molecule has 2 N–H and O–H groups in total. The topological polar surface area (TPSA) is 62.5 Å². The predicted octanol–water partition coefficient (Wildman–Crippen LogP) is 2.54. The highest BCUT2D eigenvalue weighted by Gasteiger charge is 2.17. The fourth-order valence-corrected chi connectivity index (χ4v) is 1.82. The van der Waals surface area contributed by atoms with Crippen LogP contribution in [0.25, 0.3) is 0 Å². The molecule has 2 rings (SSSR count). The molecule has 1 heterocycles. The zero-order valence-electron chi connectivity index (χ0n) is 9.77. The Balaban J connectivity index is 2.02. The van der Waals surface area contributed by atoms with E-state index in [4.69, 9.17) is 16.0 Å². The number of carbonyl (C=O) groups excluding carboxylic acids is 1. The van der Waals surface area contributed by atoms with Gasteiger partial charge in [0.15, 0.2) is 0 Å². The third kappa shape index (κ3) is 3.13. The summed E-state index contributed by atoms with van der Waals surface area (Å²) in [5.41, 5.74) is -0.240. The Hall–Kier alpha value is -1.85. The lowest BCUT2D eigenvalue weighted by Gasteiger charge is -2.10. The monoisotopic (exact) mass is 283 g/mol. The Labute approximate surface area is 113 Å². The van der Waals surface area contributed by atoms with Gasteiger partial charge < -0.3 is 14.8 Å². The fraction of sp³-hybridized carbons (Fsp3) is 0.154. The van der Waals surface area contributed by atoms with Crippen LogP contribution in [0.2, 0.25) is 5.02 Å². The minimum Gasteiger partial charge on any atom is -0.467 e. The lowest BCUT2D eigenvalue weighted by atomic mass is 10.2. The minimum atomic E-state index is -0.996. The third-order valence-corrected chi connectivity index (χ3v) is 2.83. The summed E-state index contributed by atoms with van der Waals surface area (Å²) in [5.74, 6) is -1.08. The summed E-state index contributed by atoms with van der Waals surface area (Å²) in [7, 11) is 0. The van der Waals surface area contributed by atoms with Gasteiger partial charge in [0, 0.05) is 0 Å². The van der Waals surface area contributed by atoms with Gasteiger partial charge in [-0.15, -0.1) is 0 Å². The second kappa shape index (κ2) is 5.86. The molecule has 4 nitrogen and oxygen atoms in total. The van der Waals surface area contributed by atoms with Gasteiger partial charge in [-0.05, 0) is 24.3 Å². The van der Waals surface area contributed by atoms with Gasteiger partial charge in [0.25, 0.3) is 5.91 Å². The molecule has 0 bridgehead atoms. The van der Waals surface area contributed by atoms with Gasteiger partial charge in [-0.2, -0.15) is 0 Å². The van der Waals surface area contributed by atoms with Gasteiger partial charge in [0.2, 0.25) is 0 Å². The van der Waals surface area contributed by atoms with E-state index < -0.39 is 17.8 Å². The minimum absolute atomic E-state index is 0.0185. The lowest BCUT2D eigenvalue weighted by molar-refractivity contribution is 0.0897. The van der Waals surface area contributed by atoms with Crippen molar-refractivity contribution in [2.24, 2.45) is 0 Å². The highest BCUT2D eigenvalue weighted by molar-refractivity contribution is 6.33. The number of furan rings is 1. The molecule has 0 radical (unpaired) electrons. The Morgan fingerprint density at radius 1 is 1.42 bits per heavy atom. The average molecular weight is 284 g/mol. The zero-order valence-corrected chi connectivity index (χ0v) is 10.5. The number of rotatable bonds is 4. The Kier molecular flexibility index (Phi) is 4.19. The number of benzene rings is 1. The molecule has 0 aliphatic heterocycles. The molecule has 0 unspecified atom stereocenters. The van der Waals surface area contributed by atoms with Crippen molar-refractivity contribution in [1.82, 2.24) is 5.32 Å². The van der Waals surface area contributed by atoms with E-state index >= 15 is 0 Å². The molecule has 0 fully saturated rings. The first kappa shape index (κ1) is 13.6. The molecule has 0 aliphatic rings. The first-order chi connectivity index (χ1) is 9.09. The average Bonchev–Trinajstić information content (AvgIpc) is 2.89. The van der Waals surface area contributed by atoms with Crippen LogP contribution >= 0.6 is 11.6 Å². The van der Waals surface area contributed by atoms with Crippen LogP contribution in [-0.2, 0) is 0 Å². The molecule has 1 amide bonds. The molecule has 0 saturated carbocycles. The molecule has 1 aromatic carbocycles. The second-order valence-corrected chi connectivity index (χ2v) is 4.25. The van der Waals surface area contributed by atoms with Crippen molar-refractivity contribution in [1.29, 1.82) is 0 Å². The van der Waals surface area contributed by atoms with Crippen molar-refractivity contribution in [3.63, 3.8) is 0 Å². The van der Waals surface area contributed by atoms with Crippen LogP contribution < -0.4 is 5.32 Å². The van der Waals surface area contributed by atoms with Crippen molar-refractivity contribution in [2.45, 2.75) is 6.10 Å². The van der Waals surface area contributed by atoms with Gasteiger partial charge in [-0.3, -0.25) is 4.79 Å². The Morgan fingerprint density at radius 2 is 2.21 bits per heavy atom. The molecular formula is C13H11ClFNO3. The SMILES string of the molecule is O=C(NC[C@@H](O)c1ccco1)c1c(F)cccc1Cl. The highest BCUT2D eigenvalue weighted by Crippen LogP contribution is 2.19. The first-order valence-corrected chi connectivity index (χ1v) is 5.91. The van der Waals surface area contributed by atoms with Gasteiger partial charge >= 0.3 is 0 Å². The predicted molar refractivity (Wildman–Crippen MR) is 67.4 cm³/mol. The molecule has 2 aromatic rings. The quantitative estimate of drug-likeness (QED) is 0.906. The molecule has 19 heavy (non-hydrogen) atoms. The molecule has 0 aliphatic carbocycles. The smallest absolute Gasteiger partial charge is 0.255 e. The summed E-state index contributed by atoms with van der Waals surface area (Å²) in [4.78, 5) is 11.8. The van der Waals surface area contributed by atoms with Crippen LogP contribution in [-0.4, -0.2) is 17.6 Å². The molecule has 1 aromatic heterocycles. The zero-order chi connectivity index (χ0) is 13.8. The van der Waals surface area contributed by atoms with Crippen LogP contribution in [0.3, 0.4) is 0 Å². The number of aliphatic hydroxyl groups is 1. The van der Waals surface area contributed by atoms with E-state index in [-0.39, 0.29) is 17.1 Å². The third-order valence-electron chi connectivity index (χ3n) is 2.52. The summed E-state index contributed by atoms with van der Waals surface area (Å²) in [6.45, 7) is -0.100. The van der Waals surface area contributed by atoms with Crippen molar-refractivity contribution in [2.75, 3.05) is 6.54 Å². The van der Waals surface area contributed by atoms with E-state index in [1.807, 2.05) is 0 Å². The summed E-state index contributed by atoms with van der Waals surface area (Å²) < 4.78 is 18.5. The van der Waals surface area contributed by atoms with Crippen LogP contribution in [0.15, 0.2) is 41.0 Å². The van der Waals surface area contributed by atoms with E-state index in [2.05, 4.69) is 5.32 Å². The number of hydrogen-bond acceptors (Lipinski definition) is 3. The molecular weight excluding hydrogens is 273 g/mol. The number of halogens is 2. The summed E-state index contributed by atoms with van der Waals surface area (Å²) in [6, 6.07) is 7.17. The maximum atomic E-state index is 13.5. The van der Waals surface area contributed by atoms with E-state index in [0.29, 0.717) is 5.76 Å². The van der Waals surface area contributed by atoms with E-state index in [1.165, 1.54) is 18.4 Å². The van der Waals surface area contributed by atoms with Crippen LogP contribution in [0.5, 0.6) is 0 Å². The van der Waals surface area contributed by atoms with Crippen LogP contribution in [0.1, 0.15) is 22.2 Å². The van der Waals surface area contributed by atoms with Gasteiger partial charge in [-0.25, -0.2) is 4.39 Å². The van der Waals surface area contributed by atoms with Crippen molar-refractivity contribution in [3.05, 3.63) is 58.8 Å². The number of hydrogen-bond donors (Lipinski definition) is 2. The molecule has 0 saturated heterocycles. The van der Waals surface area contributed by atoms with Crippen molar-refractivity contribution >= 4 is 17.5 Å². The van der Waals surface area contributed by atoms with E-state index in [1.54, 1.807) is 12.1 Å². The van der Waals surface area contributed by atoms with Crippen molar-refractivity contribution < 1.29 is 18.7 Å². The number of aliphatic hydroxyl groups excluding tert-OH is 1. The van der Waals surface area contributed by atoms with E-state index in [0.717, 1.165) is 6.07 Å². The normalized spacial score (nSPS) is 12.2. The van der Waals surface area contributed by atoms with Gasteiger partial charge in [0.05, 0.1) is 23.4 Å². The Bertz CT molecular complexity index is 551. The maximum absolute atomic E-state index is 13.5. The molecule has 100 valence electrons. The summed E-state index contributed by atoms with van der Waals surface area (Å²) in [6.07, 6.45) is 0.415. The molecule has 1 atom stereocenters. The van der Waals surface area contributed by atoms with Crippen molar-refractivity contribution in [3.8, 4) is 0 Å². The molecule has 0 spiro atoms. The summed E-state index contributed by atoms with van der Waals surface area (Å²) in [5, 5.41) is 12.1. The van der Waals surface area contributed by atoms with Crippen LogP contribution in [0.4, 0.5) is 4.39 Å². The maximum Gasteiger partial charge on any atom is 0.255 e. The summed E-state index contributed by atoms with van der Waals surface area (Å²) >= 11 is 5.76. The first-order valence-electron chi connectivity index (χ1n) is 5.53. The highest BCUT2D eigenvalue weighted by atomic mass is 35.5. The Morgan fingerprint density at radius 3 is 2.84 bits per heavy atom. The number of carbonyl (C=O) groups is 1. The standard InChI is InChI=1S/C13H11ClFNO3/c14-8-3-1-4-9(15)12(8)13(18)16-7-10(17)11-5-2-6-19-11/h1-6,10,17H,7H2,(H,16,18)/t10-/m1/s1. The molecule has 6 heteroatoms. The largest absolute Gasteiger partial charge is 0.467 e. The van der Waals surface area contributed by atoms with Gasteiger partial charge in [0.1, 0.15) is 17.7 Å². The second-order valence-electron chi connectivity index (χ2n) is 3.84. The van der Waals surface area contributed by atoms with E-state index in [9.17, 15) is 14.3 Å². The number of nitrogens with one attached hydrogen (secondary N) is 1.